The summed E-state index contributed by atoms with van der Waals surface area (Å²) in [4.78, 5) is 12.0. The van der Waals surface area contributed by atoms with Crippen LogP contribution in [-0.2, 0) is 21.6 Å². The number of carbonyl (C=O) groups excluding carboxylic acids is 1. The lowest BCUT2D eigenvalue weighted by atomic mass is 9.72. The van der Waals surface area contributed by atoms with E-state index in [-0.39, 0.29) is 5.97 Å². The Morgan fingerprint density at radius 3 is 2.11 bits per heavy atom. The molecule has 1 aromatic carbocycles. The van der Waals surface area contributed by atoms with Crippen molar-refractivity contribution in [3.63, 3.8) is 0 Å². The van der Waals surface area contributed by atoms with Gasteiger partial charge in [-0.3, -0.25) is 4.79 Å². The number of rotatable bonds is 5. The predicted octanol–water partition coefficient (Wildman–Crippen LogP) is 3.05. The van der Waals surface area contributed by atoms with Crippen LogP contribution < -0.4 is 0 Å². The molecule has 3 nitrogen and oxygen atoms in total. The van der Waals surface area contributed by atoms with Gasteiger partial charge < -0.3 is 9.84 Å². The van der Waals surface area contributed by atoms with Crippen molar-refractivity contribution in [3.8, 4) is 0 Å². The van der Waals surface area contributed by atoms with E-state index in [2.05, 4.69) is 6.92 Å². The molecule has 0 aromatic heterocycles. The molecule has 1 atom stereocenters. The van der Waals surface area contributed by atoms with Crippen LogP contribution in [-0.4, -0.2) is 17.7 Å². The van der Waals surface area contributed by atoms with E-state index in [1.165, 1.54) is 5.56 Å². The molecule has 1 rings (SSSR count). The van der Waals surface area contributed by atoms with Gasteiger partial charge in [-0.2, -0.15) is 0 Å². The Morgan fingerprint density at radius 1 is 1.16 bits per heavy atom. The van der Waals surface area contributed by atoms with Gasteiger partial charge in [0.1, 0.15) is 5.60 Å². The van der Waals surface area contributed by atoms with Crippen LogP contribution in [0.4, 0.5) is 0 Å². The van der Waals surface area contributed by atoms with Crippen LogP contribution in [0.2, 0.25) is 0 Å². The fourth-order valence-electron chi connectivity index (χ4n) is 1.94. The third-order valence-corrected chi connectivity index (χ3v) is 3.93. The van der Waals surface area contributed by atoms with Gasteiger partial charge in [0.2, 0.25) is 0 Å². The number of benzene rings is 1. The van der Waals surface area contributed by atoms with Crippen molar-refractivity contribution in [1.82, 2.24) is 0 Å². The van der Waals surface area contributed by atoms with Crippen molar-refractivity contribution >= 4 is 5.97 Å². The van der Waals surface area contributed by atoms with Crippen LogP contribution in [0.1, 0.15) is 45.7 Å². The van der Waals surface area contributed by atoms with Crippen LogP contribution in [0.25, 0.3) is 0 Å². The summed E-state index contributed by atoms with van der Waals surface area (Å²) in [6, 6.07) is 7.70. The van der Waals surface area contributed by atoms with Crippen LogP contribution in [0, 0.1) is 5.41 Å². The molecule has 1 aromatic rings. The topological polar surface area (TPSA) is 46.5 Å². The minimum Gasteiger partial charge on any atom is -0.465 e. The first-order valence-corrected chi connectivity index (χ1v) is 6.76. The summed E-state index contributed by atoms with van der Waals surface area (Å²) in [5.74, 6) is -0.389. The third kappa shape index (κ3) is 2.98. The number of esters is 1. The van der Waals surface area contributed by atoms with E-state index >= 15 is 0 Å². The zero-order chi connectivity index (χ0) is 14.7. The average Bonchev–Trinajstić information content (AvgIpc) is 2.38. The Morgan fingerprint density at radius 2 is 1.68 bits per heavy atom. The molecule has 0 aliphatic carbocycles. The normalized spacial score (nSPS) is 14.8. The molecule has 3 heteroatoms. The second kappa shape index (κ2) is 5.74. The van der Waals surface area contributed by atoms with E-state index in [1.54, 1.807) is 27.7 Å². The van der Waals surface area contributed by atoms with E-state index in [9.17, 15) is 9.90 Å². The first-order chi connectivity index (χ1) is 8.77. The first kappa shape index (κ1) is 15.7. The molecule has 0 fully saturated rings. The van der Waals surface area contributed by atoms with Gasteiger partial charge in [-0.25, -0.2) is 0 Å². The number of carbonyl (C=O) groups is 1. The van der Waals surface area contributed by atoms with Crippen molar-refractivity contribution in [2.24, 2.45) is 5.41 Å². The molecule has 0 saturated carbocycles. The number of aliphatic hydroxyl groups is 1. The SMILES string of the molecule is CCOC(=O)C(C)(C)C(C)(O)c1ccc(CC)cc1. The van der Waals surface area contributed by atoms with Gasteiger partial charge in [0.05, 0.1) is 12.0 Å². The average molecular weight is 264 g/mol. The lowest BCUT2D eigenvalue weighted by molar-refractivity contribution is -0.170. The number of aryl methyl sites for hydroxylation is 1. The molecule has 0 saturated heterocycles. The zero-order valence-corrected chi connectivity index (χ0v) is 12.5. The molecule has 0 bridgehead atoms. The maximum Gasteiger partial charge on any atom is 0.314 e. The second-order valence-electron chi connectivity index (χ2n) is 5.47. The molecule has 0 heterocycles. The molecule has 0 aliphatic heterocycles. The molecule has 0 aliphatic rings. The van der Waals surface area contributed by atoms with E-state index in [4.69, 9.17) is 4.74 Å². The van der Waals surface area contributed by atoms with Crippen molar-refractivity contribution in [2.75, 3.05) is 6.61 Å². The van der Waals surface area contributed by atoms with Crippen molar-refractivity contribution in [1.29, 1.82) is 0 Å². The van der Waals surface area contributed by atoms with Gasteiger partial charge >= 0.3 is 5.97 Å². The first-order valence-electron chi connectivity index (χ1n) is 6.76. The molecule has 0 amide bonds. The van der Waals surface area contributed by atoms with E-state index in [0.717, 1.165) is 12.0 Å². The quantitative estimate of drug-likeness (QED) is 0.831. The monoisotopic (exact) mass is 264 g/mol. The maximum atomic E-state index is 12.0. The number of ether oxygens (including phenoxy) is 1. The lowest BCUT2D eigenvalue weighted by Crippen LogP contribution is -2.46. The van der Waals surface area contributed by atoms with Gasteiger partial charge in [-0.1, -0.05) is 31.2 Å². The summed E-state index contributed by atoms with van der Waals surface area (Å²) in [5, 5.41) is 10.8. The summed E-state index contributed by atoms with van der Waals surface area (Å²) in [5.41, 5.74) is -0.348. The minimum atomic E-state index is -1.27. The zero-order valence-electron chi connectivity index (χ0n) is 12.5. The van der Waals surface area contributed by atoms with Crippen molar-refractivity contribution < 1.29 is 14.6 Å². The molecule has 0 radical (unpaired) electrons. The summed E-state index contributed by atoms with van der Waals surface area (Å²) in [6.45, 7) is 9.23. The van der Waals surface area contributed by atoms with Crippen LogP contribution in [0.5, 0.6) is 0 Å². The summed E-state index contributed by atoms with van der Waals surface area (Å²) in [7, 11) is 0. The smallest absolute Gasteiger partial charge is 0.314 e. The van der Waals surface area contributed by atoms with Gasteiger partial charge in [0, 0.05) is 0 Å². The van der Waals surface area contributed by atoms with Crippen LogP contribution >= 0.6 is 0 Å². The molecule has 1 unspecified atom stereocenters. The van der Waals surface area contributed by atoms with Gasteiger partial charge in [0.25, 0.3) is 0 Å². The fraction of sp³-hybridized carbons (Fsp3) is 0.562. The molecule has 106 valence electrons. The maximum absolute atomic E-state index is 12.0. The summed E-state index contributed by atoms with van der Waals surface area (Å²) in [6.07, 6.45) is 0.948. The lowest BCUT2D eigenvalue weighted by Gasteiger charge is -2.38. The van der Waals surface area contributed by atoms with Gasteiger partial charge in [0.15, 0.2) is 0 Å². The molecular formula is C16H24O3. The Bertz CT molecular complexity index is 430. The Hall–Kier alpha value is -1.35. The van der Waals surface area contributed by atoms with Crippen LogP contribution in [0.15, 0.2) is 24.3 Å². The highest BCUT2D eigenvalue weighted by molar-refractivity contribution is 5.77. The van der Waals surface area contributed by atoms with Gasteiger partial charge in [-0.15, -0.1) is 0 Å². The number of hydrogen-bond donors (Lipinski definition) is 1. The van der Waals surface area contributed by atoms with E-state index < -0.39 is 11.0 Å². The fourth-order valence-corrected chi connectivity index (χ4v) is 1.94. The predicted molar refractivity (Wildman–Crippen MR) is 75.8 cm³/mol. The molecule has 0 spiro atoms. The molecule has 19 heavy (non-hydrogen) atoms. The number of hydrogen-bond acceptors (Lipinski definition) is 3. The second-order valence-corrected chi connectivity index (χ2v) is 5.47. The summed E-state index contributed by atoms with van der Waals surface area (Å²) >= 11 is 0. The minimum absolute atomic E-state index is 0.313. The van der Waals surface area contributed by atoms with Crippen molar-refractivity contribution in [2.45, 2.75) is 46.6 Å². The van der Waals surface area contributed by atoms with E-state index in [0.29, 0.717) is 6.61 Å². The molecular weight excluding hydrogens is 240 g/mol. The third-order valence-electron chi connectivity index (χ3n) is 3.93. The highest BCUT2D eigenvalue weighted by atomic mass is 16.5. The standard InChI is InChI=1S/C16H24O3/c1-6-12-8-10-13(11-9-12)16(5,18)15(3,4)14(17)19-7-2/h8-11,18H,6-7H2,1-5H3. The molecule has 1 N–H and O–H groups in total. The van der Waals surface area contributed by atoms with E-state index in [1.807, 2.05) is 24.3 Å². The Labute approximate surface area is 115 Å². The van der Waals surface area contributed by atoms with Crippen molar-refractivity contribution in [3.05, 3.63) is 35.4 Å². The van der Waals surface area contributed by atoms with Gasteiger partial charge in [-0.05, 0) is 45.2 Å². The highest BCUT2D eigenvalue weighted by Crippen LogP contribution is 2.40. The summed E-state index contributed by atoms with van der Waals surface area (Å²) < 4.78 is 5.06. The Kier molecular flexibility index (Phi) is 4.75. The highest BCUT2D eigenvalue weighted by Gasteiger charge is 2.47. The Balaban J connectivity index is 3.09. The largest absolute Gasteiger partial charge is 0.465 e. The van der Waals surface area contributed by atoms with Crippen LogP contribution in [0.3, 0.4) is 0 Å².